The van der Waals surface area contributed by atoms with E-state index < -0.39 is 11.9 Å². The van der Waals surface area contributed by atoms with E-state index in [2.05, 4.69) is 20.0 Å². The third-order valence-corrected chi connectivity index (χ3v) is 3.75. The number of hydrogen-bond donors (Lipinski definition) is 1. The summed E-state index contributed by atoms with van der Waals surface area (Å²) in [6.07, 6.45) is 2.72. The van der Waals surface area contributed by atoms with Gasteiger partial charge in [-0.25, -0.2) is 14.6 Å². The standard InChI is InChI=1S/C20H17N3O4/c1-26-19(24)11-17(20(25)27-2)22-14-7-5-6-13(10-14)18-12-21-15-8-3-4-9-16(15)23-18/h3-12,22H,1-2H3/b17-11+. The van der Waals surface area contributed by atoms with Crippen molar-refractivity contribution in [2.75, 3.05) is 19.5 Å². The molecule has 1 N–H and O–H groups in total. The maximum atomic E-state index is 11.9. The predicted molar refractivity (Wildman–Crippen MR) is 101 cm³/mol. The van der Waals surface area contributed by atoms with Gasteiger partial charge in [-0.3, -0.25) is 4.98 Å². The van der Waals surface area contributed by atoms with Crippen LogP contribution in [0.1, 0.15) is 0 Å². The van der Waals surface area contributed by atoms with Crippen LogP contribution >= 0.6 is 0 Å². The Labute approximate surface area is 155 Å². The molecule has 0 spiro atoms. The van der Waals surface area contributed by atoms with Gasteiger partial charge >= 0.3 is 11.9 Å². The summed E-state index contributed by atoms with van der Waals surface area (Å²) in [6, 6.07) is 14.8. The lowest BCUT2D eigenvalue weighted by Gasteiger charge is -2.10. The molecule has 0 aliphatic rings. The maximum Gasteiger partial charge on any atom is 0.354 e. The van der Waals surface area contributed by atoms with Gasteiger partial charge in [0.2, 0.25) is 0 Å². The molecule has 7 heteroatoms. The van der Waals surface area contributed by atoms with Crippen LogP contribution in [-0.4, -0.2) is 36.1 Å². The Balaban J connectivity index is 1.92. The molecule has 0 aliphatic carbocycles. The number of fused-ring (bicyclic) bond motifs is 1. The normalized spacial score (nSPS) is 11.1. The molecule has 2 aromatic carbocycles. The molecule has 0 atom stereocenters. The highest BCUT2D eigenvalue weighted by molar-refractivity contribution is 5.98. The summed E-state index contributed by atoms with van der Waals surface area (Å²) in [4.78, 5) is 32.4. The Morgan fingerprint density at radius 2 is 1.78 bits per heavy atom. The smallest absolute Gasteiger partial charge is 0.354 e. The molecule has 7 nitrogen and oxygen atoms in total. The van der Waals surface area contributed by atoms with E-state index in [9.17, 15) is 9.59 Å². The van der Waals surface area contributed by atoms with E-state index in [1.54, 1.807) is 18.3 Å². The Kier molecular flexibility index (Phi) is 5.41. The Morgan fingerprint density at radius 3 is 2.52 bits per heavy atom. The maximum absolute atomic E-state index is 11.9. The summed E-state index contributed by atoms with van der Waals surface area (Å²) in [5.41, 5.74) is 3.64. The molecule has 3 aromatic rings. The number of rotatable bonds is 5. The number of benzene rings is 2. The minimum atomic E-state index is -0.684. The zero-order valence-corrected chi connectivity index (χ0v) is 14.8. The second kappa shape index (κ2) is 8.09. The molecular formula is C20H17N3O4. The van der Waals surface area contributed by atoms with Crippen LogP contribution < -0.4 is 5.32 Å². The van der Waals surface area contributed by atoms with Crippen molar-refractivity contribution in [1.29, 1.82) is 0 Å². The largest absolute Gasteiger partial charge is 0.466 e. The first kappa shape index (κ1) is 18.1. The molecule has 0 saturated heterocycles. The third-order valence-electron chi connectivity index (χ3n) is 3.75. The molecule has 1 heterocycles. The van der Waals surface area contributed by atoms with Crippen LogP contribution in [0.3, 0.4) is 0 Å². The summed E-state index contributed by atoms with van der Waals surface area (Å²) in [6.45, 7) is 0. The van der Waals surface area contributed by atoms with E-state index in [0.29, 0.717) is 11.4 Å². The molecule has 27 heavy (non-hydrogen) atoms. The first-order chi connectivity index (χ1) is 13.1. The first-order valence-corrected chi connectivity index (χ1v) is 8.08. The summed E-state index contributed by atoms with van der Waals surface area (Å²) in [7, 11) is 2.46. The van der Waals surface area contributed by atoms with E-state index >= 15 is 0 Å². The second-order valence-electron chi connectivity index (χ2n) is 5.52. The van der Waals surface area contributed by atoms with Crippen LogP contribution in [0.2, 0.25) is 0 Å². The number of nitrogens with zero attached hydrogens (tertiary/aromatic N) is 2. The number of carbonyl (C=O) groups is 2. The van der Waals surface area contributed by atoms with E-state index in [1.165, 1.54) is 14.2 Å². The van der Waals surface area contributed by atoms with Crippen molar-refractivity contribution >= 4 is 28.7 Å². The lowest BCUT2D eigenvalue weighted by Crippen LogP contribution is -2.15. The van der Waals surface area contributed by atoms with Gasteiger partial charge in [0.1, 0.15) is 5.70 Å². The molecule has 3 rings (SSSR count). The SMILES string of the molecule is COC(=O)/C=C(/Nc1cccc(-c2cnc3ccccc3n2)c1)C(=O)OC. The summed E-state index contributed by atoms with van der Waals surface area (Å²) in [5, 5.41) is 2.88. The van der Waals surface area contributed by atoms with Gasteiger partial charge in [-0.15, -0.1) is 0 Å². The van der Waals surface area contributed by atoms with E-state index in [0.717, 1.165) is 22.7 Å². The lowest BCUT2D eigenvalue weighted by atomic mass is 10.1. The number of carbonyl (C=O) groups excluding carboxylic acids is 2. The van der Waals surface area contributed by atoms with Gasteiger partial charge in [-0.1, -0.05) is 24.3 Å². The van der Waals surface area contributed by atoms with Crippen molar-refractivity contribution in [3.05, 3.63) is 66.5 Å². The molecule has 0 amide bonds. The van der Waals surface area contributed by atoms with Crippen molar-refractivity contribution in [2.24, 2.45) is 0 Å². The molecular weight excluding hydrogens is 346 g/mol. The molecule has 0 radical (unpaired) electrons. The van der Waals surface area contributed by atoms with Crippen molar-refractivity contribution in [3.63, 3.8) is 0 Å². The molecule has 0 aliphatic heterocycles. The fourth-order valence-corrected chi connectivity index (χ4v) is 2.44. The summed E-state index contributed by atoms with van der Waals surface area (Å²) in [5.74, 6) is -1.35. The summed E-state index contributed by atoms with van der Waals surface area (Å²) < 4.78 is 9.26. The quantitative estimate of drug-likeness (QED) is 0.550. The molecule has 0 unspecified atom stereocenters. The van der Waals surface area contributed by atoms with Gasteiger partial charge in [0, 0.05) is 11.3 Å². The molecule has 0 fully saturated rings. The van der Waals surface area contributed by atoms with Crippen LogP contribution in [0.5, 0.6) is 0 Å². The fraction of sp³-hybridized carbons (Fsp3) is 0.100. The number of aromatic nitrogens is 2. The first-order valence-electron chi connectivity index (χ1n) is 8.08. The minimum Gasteiger partial charge on any atom is -0.466 e. The lowest BCUT2D eigenvalue weighted by molar-refractivity contribution is -0.138. The van der Waals surface area contributed by atoms with Crippen LogP contribution in [0.25, 0.3) is 22.3 Å². The molecule has 136 valence electrons. The number of para-hydroxylation sites is 2. The van der Waals surface area contributed by atoms with Gasteiger partial charge in [-0.2, -0.15) is 0 Å². The minimum absolute atomic E-state index is 0.0360. The fourth-order valence-electron chi connectivity index (χ4n) is 2.44. The summed E-state index contributed by atoms with van der Waals surface area (Å²) >= 11 is 0. The van der Waals surface area contributed by atoms with Gasteiger partial charge in [-0.05, 0) is 24.3 Å². The molecule has 0 bridgehead atoms. The zero-order chi connectivity index (χ0) is 19.2. The van der Waals surface area contributed by atoms with Crippen molar-refractivity contribution in [3.8, 4) is 11.3 Å². The van der Waals surface area contributed by atoms with Crippen LogP contribution in [0.15, 0.2) is 66.5 Å². The van der Waals surface area contributed by atoms with Gasteiger partial charge in [0.05, 0.1) is 43.2 Å². The van der Waals surface area contributed by atoms with E-state index in [1.807, 2.05) is 36.4 Å². The molecule has 0 saturated carbocycles. The van der Waals surface area contributed by atoms with Crippen molar-refractivity contribution in [2.45, 2.75) is 0 Å². The number of anilines is 1. The average Bonchev–Trinajstić information content (AvgIpc) is 2.72. The second-order valence-corrected chi connectivity index (χ2v) is 5.52. The highest BCUT2D eigenvalue weighted by Gasteiger charge is 2.13. The monoisotopic (exact) mass is 363 g/mol. The number of hydrogen-bond acceptors (Lipinski definition) is 7. The highest BCUT2D eigenvalue weighted by Crippen LogP contribution is 2.23. The van der Waals surface area contributed by atoms with Gasteiger partial charge in [0.15, 0.2) is 0 Å². The van der Waals surface area contributed by atoms with Gasteiger partial charge < -0.3 is 14.8 Å². The van der Waals surface area contributed by atoms with Crippen LogP contribution in [0, 0.1) is 0 Å². The Hall–Kier alpha value is -3.74. The van der Waals surface area contributed by atoms with Crippen molar-refractivity contribution < 1.29 is 19.1 Å². The number of methoxy groups -OCH3 is 2. The highest BCUT2D eigenvalue weighted by atomic mass is 16.5. The Morgan fingerprint density at radius 1 is 1.00 bits per heavy atom. The van der Waals surface area contributed by atoms with Crippen molar-refractivity contribution in [1.82, 2.24) is 9.97 Å². The predicted octanol–water partition coefficient (Wildman–Crippen LogP) is 2.94. The van der Waals surface area contributed by atoms with Crippen LogP contribution in [-0.2, 0) is 19.1 Å². The van der Waals surface area contributed by atoms with Crippen LogP contribution in [0.4, 0.5) is 5.69 Å². The Bertz CT molecular complexity index is 1030. The average molecular weight is 363 g/mol. The molecule has 1 aromatic heterocycles. The van der Waals surface area contributed by atoms with Gasteiger partial charge in [0.25, 0.3) is 0 Å². The van der Waals surface area contributed by atoms with E-state index in [-0.39, 0.29) is 5.70 Å². The third kappa shape index (κ3) is 4.27. The topological polar surface area (TPSA) is 90.4 Å². The number of nitrogens with one attached hydrogen (secondary N) is 1. The van der Waals surface area contributed by atoms with E-state index in [4.69, 9.17) is 4.74 Å². The zero-order valence-electron chi connectivity index (χ0n) is 14.8. The number of esters is 2. The number of ether oxygens (including phenoxy) is 2.